The van der Waals surface area contributed by atoms with Gasteiger partial charge in [0.1, 0.15) is 0 Å². The summed E-state index contributed by atoms with van der Waals surface area (Å²) < 4.78 is 5.20. The Morgan fingerprint density at radius 2 is 2.41 bits per heavy atom. The Morgan fingerprint density at radius 3 is 3.18 bits per heavy atom. The summed E-state index contributed by atoms with van der Waals surface area (Å²) in [5, 5.41) is 3.93. The van der Waals surface area contributed by atoms with Crippen LogP contribution in [0.5, 0.6) is 5.75 Å². The van der Waals surface area contributed by atoms with Gasteiger partial charge in [-0.05, 0) is 42.5 Å². The fourth-order valence-electron chi connectivity index (χ4n) is 2.73. The molecule has 2 atom stereocenters. The van der Waals surface area contributed by atoms with Crippen molar-refractivity contribution in [1.29, 1.82) is 0 Å². The minimum Gasteiger partial charge on any atom is -0.494 e. The van der Waals surface area contributed by atoms with E-state index >= 15 is 0 Å². The van der Waals surface area contributed by atoms with Crippen molar-refractivity contribution in [2.75, 3.05) is 13.7 Å². The van der Waals surface area contributed by atoms with Crippen molar-refractivity contribution in [3.63, 3.8) is 0 Å². The van der Waals surface area contributed by atoms with Crippen LogP contribution in [0.4, 0.5) is 0 Å². The second kappa shape index (κ2) is 4.31. The van der Waals surface area contributed by atoms with Gasteiger partial charge in [0.15, 0.2) is 10.9 Å². The van der Waals surface area contributed by atoms with Crippen LogP contribution in [-0.4, -0.2) is 24.7 Å². The number of ether oxygens (including phenoxy) is 1. The van der Waals surface area contributed by atoms with Gasteiger partial charge in [-0.25, -0.2) is 4.98 Å². The third kappa shape index (κ3) is 1.94. The molecule has 1 fully saturated rings. The standard InChI is InChI=1S/C13H15ClN2O/c1-17-12-6-10(7-16-13(12)14)9-4-8-2-3-15-11(8)5-9/h5-8,11,15H,2-4H2,1H3. The molecular formula is C13H15ClN2O. The van der Waals surface area contributed by atoms with E-state index in [1.54, 1.807) is 7.11 Å². The first-order chi connectivity index (χ1) is 8.28. The molecule has 1 aromatic heterocycles. The first-order valence-electron chi connectivity index (χ1n) is 5.92. The van der Waals surface area contributed by atoms with E-state index in [0.717, 1.165) is 24.4 Å². The number of hydrogen-bond donors (Lipinski definition) is 1. The minimum atomic E-state index is 0.424. The van der Waals surface area contributed by atoms with Crippen LogP contribution < -0.4 is 10.1 Å². The number of fused-ring (bicyclic) bond motifs is 1. The van der Waals surface area contributed by atoms with Gasteiger partial charge in [-0.2, -0.15) is 0 Å². The molecule has 0 aromatic carbocycles. The number of nitrogens with one attached hydrogen (secondary N) is 1. The first-order valence-corrected chi connectivity index (χ1v) is 6.29. The van der Waals surface area contributed by atoms with Crippen molar-refractivity contribution in [2.45, 2.75) is 18.9 Å². The summed E-state index contributed by atoms with van der Waals surface area (Å²) in [5.41, 5.74) is 2.48. The number of hydrogen-bond acceptors (Lipinski definition) is 3. The number of rotatable bonds is 2. The van der Waals surface area contributed by atoms with Crippen molar-refractivity contribution < 1.29 is 4.74 Å². The third-order valence-corrected chi connectivity index (χ3v) is 3.95. The smallest absolute Gasteiger partial charge is 0.171 e. The molecular weight excluding hydrogens is 236 g/mol. The molecule has 0 saturated carbocycles. The van der Waals surface area contributed by atoms with Crippen LogP contribution in [0.15, 0.2) is 18.3 Å². The second-order valence-corrected chi connectivity index (χ2v) is 5.00. The maximum Gasteiger partial charge on any atom is 0.171 e. The molecule has 1 aliphatic heterocycles. The van der Waals surface area contributed by atoms with E-state index in [2.05, 4.69) is 16.4 Å². The molecule has 3 rings (SSSR count). The average molecular weight is 251 g/mol. The van der Waals surface area contributed by atoms with Gasteiger partial charge in [0.25, 0.3) is 0 Å². The highest BCUT2D eigenvalue weighted by atomic mass is 35.5. The fourth-order valence-corrected chi connectivity index (χ4v) is 2.91. The Bertz CT molecular complexity index is 472. The summed E-state index contributed by atoms with van der Waals surface area (Å²) in [6.45, 7) is 1.14. The lowest BCUT2D eigenvalue weighted by molar-refractivity contribution is 0.413. The minimum absolute atomic E-state index is 0.424. The van der Waals surface area contributed by atoms with Crippen LogP contribution >= 0.6 is 11.6 Å². The summed E-state index contributed by atoms with van der Waals surface area (Å²) in [6.07, 6.45) is 6.55. The van der Waals surface area contributed by atoms with E-state index in [4.69, 9.17) is 16.3 Å². The molecule has 2 aliphatic rings. The predicted molar refractivity (Wildman–Crippen MR) is 68.3 cm³/mol. The van der Waals surface area contributed by atoms with E-state index < -0.39 is 0 Å². The highest BCUT2D eigenvalue weighted by molar-refractivity contribution is 6.30. The van der Waals surface area contributed by atoms with Crippen LogP contribution in [0.3, 0.4) is 0 Å². The predicted octanol–water partition coefficient (Wildman–Crippen LogP) is 2.51. The monoisotopic (exact) mass is 250 g/mol. The van der Waals surface area contributed by atoms with Crippen LogP contribution in [-0.2, 0) is 0 Å². The number of nitrogens with zero attached hydrogens (tertiary/aromatic N) is 1. The van der Waals surface area contributed by atoms with E-state index in [0.29, 0.717) is 16.9 Å². The Labute approximate surface area is 106 Å². The fraction of sp³-hybridized carbons (Fsp3) is 0.462. The molecule has 90 valence electrons. The lowest BCUT2D eigenvalue weighted by Gasteiger charge is -2.08. The molecule has 3 nitrogen and oxygen atoms in total. The summed E-state index contributed by atoms with van der Waals surface area (Å²) >= 11 is 5.93. The SMILES string of the molecule is COc1cc(C2=CC3NCCC3C2)cnc1Cl. The Balaban J connectivity index is 1.90. The van der Waals surface area contributed by atoms with Crippen molar-refractivity contribution in [2.24, 2.45) is 5.92 Å². The quantitative estimate of drug-likeness (QED) is 0.819. The van der Waals surface area contributed by atoms with Gasteiger partial charge in [0.05, 0.1) is 7.11 Å². The Hall–Kier alpha value is -1.06. The summed E-state index contributed by atoms with van der Waals surface area (Å²) in [6, 6.07) is 2.52. The van der Waals surface area contributed by atoms with Crippen molar-refractivity contribution in [1.82, 2.24) is 10.3 Å². The zero-order valence-corrected chi connectivity index (χ0v) is 10.5. The molecule has 0 bridgehead atoms. The van der Waals surface area contributed by atoms with Crippen LogP contribution in [0.2, 0.25) is 5.15 Å². The molecule has 2 unspecified atom stereocenters. The lowest BCUT2D eigenvalue weighted by atomic mass is 10.00. The van der Waals surface area contributed by atoms with Crippen molar-refractivity contribution in [3.8, 4) is 5.75 Å². The molecule has 4 heteroatoms. The molecule has 0 spiro atoms. The van der Waals surface area contributed by atoms with E-state index in [1.807, 2.05) is 12.3 Å². The molecule has 1 N–H and O–H groups in total. The summed E-state index contributed by atoms with van der Waals surface area (Å²) in [7, 11) is 1.62. The zero-order valence-electron chi connectivity index (χ0n) is 9.74. The lowest BCUT2D eigenvalue weighted by Crippen LogP contribution is -2.20. The highest BCUT2D eigenvalue weighted by Gasteiger charge is 2.31. The van der Waals surface area contributed by atoms with Gasteiger partial charge in [-0.3, -0.25) is 0 Å². The Kier molecular flexibility index (Phi) is 2.81. The van der Waals surface area contributed by atoms with Gasteiger partial charge >= 0.3 is 0 Å². The number of allylic oxidation sites excluding steroid dienone is 1. The van der Waals surface area contributed by atoms with Gasteiger partial charge in [0, 0.05) is 12.2 Å². The number of halogens is 1. The van der Waals surface area contributed by atoms with Crippen LogP contribution in [0, 0.1) is 5.92 Å². The highest BCUT2D eigenvalue weighted by Crippen LogP contribution is 2.38. The number of pyridine rings is 1. The number of aromatic nitrogens is 1. The van der Waals surface area contributed by atoms with Gasteiger partial charge in [-0.1, -0.05) is 17.7 Å². The molecule has 1 aliphatic carbocycles. The van der Waals surface area contributed by atoms with Crippen LogP contribution in [0.25, 0.3) is 5.57 Å². The second-order valence-electron chi connectivity index (χ2n) is 4.64. The maximum atomic E-state index is 5.93. The zero-order chi connectivity index (χ0) is 11.8. The van der Waals surface area contributed by atoms with E-state index in [1.165, 1.54) is 12.0 Å². The maximum absolute atomic E-state index is 5.93. The normalized spacial score (nSPS) is 26.8. The molecule has 0 amide bonds. The molecule has 0 radical (unpaired) electrons. The Morgan fingerprint density at radius 1 is 1.53 bits per heavy atom. The van der Waals surface area contributed by atoms with Crippen LogP contribution in [0.1, 0.15) is 18.4 Å². The van der Waals surface area contributed by atoms with Gasteiger partial charge < -0.3 is 10.1 Å². The largest absolute Gasteiger partial charge is 0.494 e. The van der Waals surface area contributed by atoms with E-state index in [9.17, 15) is 0 Å². The topological polar surface area (TPSA) is 34.1 Å². The average Bonchev–Trinajstić information content (AvgIpc) is 2.90. The molecule has 1 saturated heterocycles. The van der Waals surface area contributed by atoms with Gasteiger partial charge in [-0.15, -0.1) is 0 Å². The molecule has 1 aromatic rings. The molecule has 17 heavy (non-hydrogen) atoms. The van der Waals surface area contributed by atoms with Crippen molar-refractivity contribution >= 4 is 17.2 Å². The van der Waals surface area contributed by atoms with Gasteiger partial charge in [0.2, 0.25) is 0 Å². The third-order valence-electron chi connectivity index (χ3n) is 3.66. The number of methoxy groups -OCH3 is 1. The molecule has 2 heterocycles. The summed E-state index contributed by atoms with van der Waals surface area (Å²) in [4.78, 5) is 4.17. The van der Waals surface area contributed by atoms with E-state index in [-0.39, 0.29) is 0 Å². The van der Waals surface area contributed by atoms with Crippen molar-refractivity contribution in [3.05, 3.63) is 29.1 Å². The first kappa shape index (κ1) is 11.1. The summed E-state index contributed by atoms with van der Waals surface area (Å²) in [5.74, 6) is 1.40.